The molecule has 1 fully saturated rings. The standard InChI is InChI=1S/C26H33N3O6/c1-5-33-22-11-18(12-23(34-6-2)25(22)35-7-3)15-27-26(32)19-13-24(31)29(16-19)21-10-8-9-20(14-21)28-17(4)30/h8-12,14,19H,5-7,13,15-16H2,1-4H3,(H,27,32)(H,28,30)/t19-/m0/s1. The second kappa shape index (κ2) is 12.1. The lowest BCUT2D eigenvalue weighted by atomic mass is 10.1. The van der Waals surface area contributed by atoms with Crippen LogP contribution in [0.3, 0.4) is 0 Å². The van der Waals surface area contributed by atoms with Crippen LogP contribution in [0.1, 0.15) is 39.7 Å². The molecule has 1 aliphatic heterocycles. The zero-order valence-corrected chi connectivity index (χ0v) is 20.7. The normalized spacial score (nSPS) is 15.0. The lowest BCUT2D eigenvalue weighted by Gasteiger charge is -2.19. The number of benzene rings is 2. The second-order valence-corrected chi connectivity index (χ2v) is 8.07. The fourth-order valence-electron chi connectivity index (χ4n) is 3.97. The summed E-state index contributed by atoms with van der Waals surface area (Å²) in [6, 6.07) is 10.7. The fraction of sp³-hybridized carbons (Fsp3) is 0.423. The summed E-state index contributed by atoms with van der Waals surface area (Å²) in [7, 11) is 0. The van der Waals surface area contributed by atoms with E-state index in [1.54, 1.807) is 29.2 Å². The van der Waals surface area contributed by atoms with E-state index in [1.165, 1.54) is 6.92 Å². The van der Waals surface area contributed by atoms with E-state index in [1.807, 2.05) is 32.9 Å². The van der Waals surface area contributed by atoms with Gasteiger partial charge < -0.3 is 29.7 Å². The van der Waals surface area contributed by atoms with Crippen LogP contribution in [-0.2, 0) is 20.9 Å². The molecule has 0 aliphatic carbocycles. The molecule has 3 rings (SSSR count). The quantitative estimate of drug-likeness (QED) is 0.507. The van der Waals surface area contributed by atoms with Crippen molar-refractivity contribution in [1.29, 1.82) is 0 Å². The molecule has 2 aromatic rings. The Hall–Kier alpha value is -3.75. The minimum absolute atomic E-state index is 0.119. The molecule has 1 aliphatic rings. The SMILES string of the molecule is CCOc1cc(CNC(=O)[C@H]2CC(=O)N(c3cccc(NC(C)=O)c3)C2)cc(OCC)c1OCC. The van der Waals surface area contributed by atoms with Crippen LogP contribution < -0.4 is 29.7 Å². The van der Waals surface area contributed by atoms with E-state index in [0.29, 0.717) is 48.4 Å². The van der Waals surface area contributed by atoms with Gasteiger partial charge in [-0.2, -0.15) is 0 Å². The van der Waals surface area contributed by atoms with Crippen molar-refractivity contribution in [3.8, 4) is 17.2 Å². The van der Waals surface area contributed by atoms with Crippen molar-refractivity contribution < 1.29 is 28.6 Å². The first-order valence-corrected chi connectivity index (χ1v) is 11.9. The molecule has 0 spiro atoms. The molecule has 1 atom stereocenters. The van der Waals surface area contributed by atoms with Crippen LogP contribution in [0.5, 0.6) is 17.2 Å². The molecule has 0 saturated carbocycles. The smallest absolute Gasteiger partial charge is 0.227 e. The van der Waals surface area contributed by atoms with E-state index in [9.17, 15) is 14.4 Å². The van der Waals surface area contributed by atoms with E-state index in [-0.39, 0.29) is 37.2 Å². The predicted octanol–water partition coefficient (Wildman–Crippen LogP) is 3.51. The van der Waals surface area contributed by atoms with Gasteiger partial charge in [0.1, 0.15) is 0 Å². The van der Waals surface area contributed by atoms with Gasteiger partial charge in [-0.25, -0.2) is 0 Å². The summed E-state index contributed by atoms with van der Waals surface area (Å²) in [5.41, 5.74) is 2.05. The van der Waals surface area contributed by atoms with Crippen molar-refractivity contribution in [2.75, 3.05) is 36.6 Å². The Morgan fingerprint density at radius 2 is 1.66 bits per heavy atom. The number of hydrogen-bond donors (Lipinski definition) is 2. The Labute approximate surface area is 205 Å². The molecule has 0 unspecified atom stereocenters. The summed E-state index contributed by atoms with van der Waals surface area (Å²) in [6.45, 7) is 9.01. The fourth-order valence-corrected chi connectivity index (χ4v) is 3.97. The Bertz CT molecular complexity index is 1040. The number of carbonyl (C=O) groups is 3. The Kier molecular flexibility index (Phi) is 8.94. The average Bonchev–Trinajstić information content (AvgIpc) is 3.21. The van der Waals surface area contributed by atoms with Gasteiger partial charge in [0.2, 0.25) is 23.5 Å². The summed E-state index contributed by atoms with van der Waals surface area (Å²) in [6.07, 6.45) is 0.119. The van der Waals surface area contributed by atoms with Gasteiger partial charge in [0.15, 0.2) is 11.5 Å². The number of carbonyl (C=O) groups excluding carboxylic acids is 3. The average molecular weight is 484 g/mol. The van der Waals surface area contributed by atoms with Gasteiger partial charge in [-0.15, -0.1) is 0 Å². The van der Waals surface area contributed by atoms with Crippen molar-refractivity contribution >= 4 is 29.1 Å². The highest BCUT2D eigenvalue weighted by Crippen LogP contribution is 2.39. The number of hydrogen-bond acceptors (Lipinski definition) is 6. The largest absolute Gasteiger partial charge is 0.490 e. The topological polar surface area (TPSA) is 106 Å². The first-order valence-electron chi connectivity index (χ1n) is 11.9. The van der Waals surface area contributed by atoms with E-state index >= 15 is 0 Å². The minimum atomic E-state index is -0.479. The monoisotopic (exact) mass is 483 g/mol. The summed E-state index contributed by atoms with van der Waals surface area (Å²) in [5.74, 6) is 0.655. The number of rotatable bonds is 11. The molecule has 188 valence electrons. The van der Waals surface area contributed by atoms with Gasteiger partial charge in [0.25, 0.3) is 0 Å². The van der Waals surface area contributed by atoms with Crippen LogP contribution in [-0.4, -0.2) is 44.1 Å². The van der Waals surface area contributed by atoms with Gasteiger partial charge in [-0.3, -0.25) is 14.4 Å². The first kappa shape index (κ1) is 25.9. The van der Waals surface area contributed by atoms with Gasteiger partial charge >= 0.3 is 0 Å². The zero-order valence-electron chi connectivity index (χ0n) is 20.7. The second-order valence-electron chi connectivity index (χ2n) is 8.07. The third-order valence-electron chi connectivity index (χ3n) is 5.41. The Balaban J connectivity index is 1.69. The number of ether oxygens (including phenoxy) is 3. The van der Waals surface area contributed by atoms with Crippen molar-refractivity contribution in [1.82, 2.24) is 5.32 Å². The lowest BCUT2D eigenvalue weighted by molar-refractivity contribution is -0.126. The molecule has 1 heterocycles. The Morgan fingerprint density at radius 3 is 2.26 bits per heavy atom. The molecule has 35 heavy (non-hydrogen) atoms. The molecule has 0 radical (unpaired) electrons. The van der Waals surface area contributed by atoms with Crippen molar-refractivity contribution in [2.24, 2.45) is 5.92 Å². The molecule has 9 heteroatoms. The highest BCUT2D eigenvalue weighted by Gasteiger charge is 2.35. The molecule has 1 saturated heterocycles. The summed E-state index contributed by atoms with van der Waals surface area (Å²) in [5, 5.41) is 5.64. The molecule has 2 aromatic carbocycles. The van der Waals surface area contributed by atoms with Crippen LogP contribution in [0.2, 0.25) is 0 Å². The van der Waals surface area contributed by atoms with Crippen molar-refractivity contribution in [3.63, 3.8) is 0 Å². The van der Waals surface area contributed by atoms with Gasteiger partial charge in [-0.1, -0.05) is 6.07 Å². The summed E-state index contributed by atoms with van der Waals surface area (Å²) < 4.78 is 17.2. The van der Waals surface area contributed by atoms with Crippen LogP contribution in [0, 0.1) is 5.92 Å². The summed E-state index contributed by atoms with van der Waals surface area (Å²) >= 11 is 0. The zero-order chi connectivity index (χ0) is 25.4. The molecule has 0 aromatic heterocycles. The number of nitrogens with zero attached hydrogens (tertiary/aromatic N) is 1. The van der Waals surface area contributed by atoms with Crippen LogP contribution in [0.4, 0.5) is 11.4 Å². The number of amides is 3. The van der Waals surface area contributed by atoms with E-state index in [2.05, 4.69) is 10.6 Å². The molecule has 0 bridgehead atoms. The third kappa shape index (κ3) is 6.65. The van der Waals surface area contributed by atoms with Gasteiger partial charge in [-0.05, 0) is 56.7 Å². The highest BCUT2D eigenvalue weighted by atomic mass is 16.5. The van der Waals surface area contributed by atoms with E-state index in [4.69, 9.17) is 14.2 Å². The molecular formula is C26H33N3O6. The minimum Gasteiger partial charge on any atom is -0.490 e. The maximum Gasteiger partial charge on any atom is 0.227 e. The predicted molar refractivity (Wildman–Crippen MR) is 133 cm³/mol. The van der Waals surface area contributed by atoms with Crippen molar-refractivity contribution in [2.45, 2.75) is 40.7 Å². The van der Waals surface area contributed by atoms with Crippen LogP contribution in [0.25, 0.3) is 0 Å². The molecular weight excluding hydrogens is 450 g/mol. The maximum absolute atomic E-state index is 12.9. The highest BCUT2D eigenvalue weighted by molar-refractivity contribution is 6.01. The molecule has 3 amide bonds. The lowest BCUT2D eigenvalue weighted by Crippen LogP contribution is -2.32. The van der Waals surface area contributed by atoms with E-state index in [0.717, 1.165) is 5.56 Å². The van der Waals surface area contributed by atoms with Gasteiger partial charge in [0.05, 0.1) is 25.7 Å². The van der Waals surface area contributed by atoms with Crippen molar-refractivity contribution in [3.05, 3.63) is 42.0 Å². The van der Waals surface area contributed by atoms with Crippen LogP contribution >= 0.6 is 0 Å². The van der Waals surface area contributed by atoms with Gasteiger partial charge in [0, 0.05) is 37.8 Å². The first-order chi connectivity index (χ1) is 16.9. The maximum atomic E-state index is 12.9. The Morgan fingerprint density at radius 1 is 1.00 bits per heavy atom. The number of nitrogens with one attached hydrogen (secondary N) is 2. The molecule has 2 N–H and O–H groups in total. The van der Waals surface area contributed by atoms with Crippen LogP contribution in [0.15, 0.2) is 36.4 Å². The summed E-state index contributed by atoms with van der Waals surface area (Å²) in [4.78, 5) is 38.5. The number of anilines is 2. The molecule has 9 nitrogen and oxygen atoms in total. The van der Waals surface area contributed by atoms with E-state index < -0.39 is 5.92 Å². The third-order valence-corrected chi connectivity index (χ3v) is 5.41.